The number of hydrogen-bond acceptors (Lipinski definition) is 4. The largest absolute Gasteiger partial charge is 0.483 e. The minimum Gasteiger partial charge on any atom is -0.483 e. The summed E-state index contributed by atoms with van der Waals surface area (Å²) in [4.78, 5) is 0. The maximum Gasteiger partial charge on any atom is 0.236 e. The van der Waals surface area contributed by atoms with Crippen LogP contribution >= 0.6 is 0 Å². The lowest BCUT2D eigenvalue weighted by Crippen LogP contribution is -2.24. The fourth-order valence-electron chi connectivity index (χ4n) is 2.65. The van der Waals surface area contributed by atoms with Crippen LogP contribution in [0.2, 0.25) is 0 Å². The lowest BCUT2D eigenvalue weighted by Gasteiger charge is -2.18. The number of aromatic nitrogens is 2. The number of rotatable bonds is 2. The molecule has 1 aliphatic rings. The van der Waals surface area contributed by atoms with Crippen LogP contribution < -0.4 is 9.47 Å². The number of nitriles is 1. The van der Waals surface area contributed by atoms with E-state index in [0.717, 1.165) is 17.7 Å². The zero-order chi connectivity index (χ0) is 15.2. The predicted octanol–water partition coefficient (Wildman–Crippen LogP) is 3.11. The van der Waals surface area contributed by atoms with Crippen molar-refractivity contribution in [3.63, 3.8) is 0 Å². The quantitative estimate of drug-likeness (QED) is 0.849. The fourth-order valence-corrected chi connectivity index (χ4v) is 2.65. The van der Waals surface area contributed by atoms with Gasteiger partial charge in [0.15, 0.2) is 11.5 Å². The van der Waals surface area contributed by atoms with Crippen molar-refractivity contribution in [3.8, 4) is 23.4 Å². The van der Waals surface area contributed by atoms with Crippen LogP contribution in [0.5, 0.6) is 17.4 Å². The van der Waals surface area contributed by atoms with Gasteiger partial charge in [-0.15, -0.1) is 0 Å². The lowest BCUT2D eigenvalue weighted by molar-refractivity contribution is 0.134. The number of para-hydroxylation sites is 1. The first-order valence-electron chi connectivity index (χ1n) is 6.84. The molecule has 5 nitrogen and oxygen atoms in total. The van der Waals surface area contributed by atoms with Gasteiger partial charge < -0.3 is 9.47 Å². The minimum absolute atomic E-state index is 0.234. The van der Waals surface area contributed by atoms with E-state index in [1.54, 1.807) is 18.7 Å². The molecular formula is C16H17N3O2. The van der Waals surface area contributed by atoms with Gasteiger partial charge in [-0.2, -0.15) is 10.4 Å². The summed E-state index contributed by atoms with van der Waals surface area (Å²) in [5.41, 5.74) is 1.99. The molecule has 3 rings (SSSR count). The number of benzene rings is 1. The highest BCUT2D eigenvalue weighted by Gasteiger charge is 2.32. The molecule has 0 saturated carbocycles. The molecule has 108 valence electrons. The molecule has 5 heteroatoms. The van der Waals surface area contributed by atoms with Crippen LogP contribution in [0.3, 0.4) is 0 Å². The van der Waals surface area contributed by atoms with Crippen LogP contribution in [0.4, 0.5) is 0 Å². The summed E-state index contributed by atoms with van der Waals surface area (Å²) in [6.45, 7) is 5.89. The summed E-state index contributed by atoms with van der Waals surface area (Å²) in [6, 6.07) is 7.97. The molecule has 0 aliphatic carbocycles. The molecule has 0 saturated heterocycles. The molecule has 0 spiro atoms. The van der Waals surface area contributed by atoms with Crippen LogP contribution in [0.1, 0.15) is 30.7 Å². The first kappa shape index (κ1) is 13.5. The van der Waals surface area contributed by atoms with Crippen molar-refractivity contribution in [3.05, 3.63) is 35.0 Å². The number of nitrogens with zero attached hydrogens (tertiary/aromatic N) is 3. The Bertz CT molecular complexity index is 754. The molecule has 0 atom stereocenters. The van der Waals surface area contributed by atoms with E-state index in [4.69, 9.17) is 9.47 Å². The Morgan fingerprint density at radius 3 is 2.90 bits per heavy atom. The molecule has 1 aromatic heterocycles. The minimum atomic E-state index is -0.234. The number of hydrogen-bond donors (Lipinski definition) is 0. The van der Waals surface area contributed by atoms with Gasteiger partial charge in [-0.05, 0) is 26.8 Å². The summed E-state index contributed by atoms with van der Waals surface area (Å²) in [5.74, 6) is 1.82. The molecular weight excluding hydrogens is 266 g/mol. The second-order valence-electron chi connectivity index (χ2n) is 5.89. The lowest BCUT2D eigenvalue weighted by atomic mass is 10.0. The van der Waals surface area contributed by atoms with Crippen molar-refractivity contribution < 1.29 is 9.47 Å². The maximum atomic E-state index is 9.25. The van der Waals surface area contributed by atoms with Gasteiger partial charge in [0.2, 0.25) is 5.88 Å². The van der Waals surface area contributed by atoms with Crippen molar-refractivity contribution in [2.45, 2.75) is 32.8 Å². The monoisotopic (exact) mass is 283 g/mol. The van der Waals surface area contributed by atoms with Gasteiger partial charge in [0.25, 0.3) is 0 Å². The number of ether oxygens (including phenoxy) is 2. The molecule has 1 aromatic carbocycles. The van der Waals surface area contributed by atoms with Gasteiger partial charge in [-0.3, -0.25) is 0 Å². The van der Waals surface area contributed by atoms with E-state index in [0.29, 0.717) is 22.9 Å². The van der Waals surface area contributed by atoms with Crippen molar-refractivity contribution in [2.24, 2.45) is 7.05 Å². The first-order chi connectivity index (χ1) is 9.91. The predicted molar refractivity (Wildman–Crippen MR) is 77.6 cm³/mol. The van der Waals surface area contributed by atoms with E-state index in [-0.39, 0.29) is 5.60 Å². The normalized spacial score (nSPS) is 15.2. The van der Waals surface area contributed by atoms with Crippen LogP contribution in [0, 0.1) is 18.3 Å². The van der Waals surface area contributed by atoms with Crippen LogP contribution in [-0.4, -0.2) is 15.4 Å². The van der Waals surface area contributed by atoms with Crippen LogP contribution in [-0.2, 0) is 13.5 Å². The molecule has 2 heterocycles. The summed E-state index contributed by atoms with van der Waals surface area (Å²) in [7, 11) is 1.76. The van der Waals surface area contributed by atoms with Crippen molar-refractivity contribution >= 4 is 0 Å². The van der Waals surface area contributed by atoms with Gasteiger partial charge in [-0.1, -0.05) is 12.1 Å². The summed E-state index contributed by atoms with van der Waals surface area (Å²) >= 11 is 0. The summed E-state index contributed by atoms with van der Waals surface area (Å²) < 4.78 is 13.5. The van der Waals surface area contributed by atoms with Gasteiger partial charge >= 0.3 is 0 Å². The van der Waals surface area contributed by atoms with Crippen LogP contribution in [0.25, 0.3) is 0 Å². The van der Waals surface area contributed by atoms with E-state index in [9.17, 15) is 5.26 Å². The molecule has 0 bridgehead atoms. The third kappa shape index (κ3) is 2.23. The second kappa shape index (κ2) is 4.52. The second-order valence-corrected chi connectivity index (χ2v) is 5.89. The topological polar surface area (TPSA) is 60.1 Å². The third-order valence-electron chi connectivity index (χ3n) is 3.54. The van der Waals surface area contributed by atoms with E-state index in [2.05, 4.69) is 11.2 Å². The van der Waals surface area contributed by atoms with Gasteiger partial charge in [0.05, 0.1) is 5.69 Å². The summed E-state index contributed by atoms with van der Waals surface area (Å²) in [6.07, 6.45) is 0.842. The standard InChI is InChI=1S/C16H17N3O2/c1-10-12(9-17)15(19(4)18-10)20-13-7-5-6-11-8-16(2,3)21-14(11)13/h5-7H,8H2,1-4H3. The first-order valence-corrected chi connectivity index (χ1v) is 6.84. The van der Waals surface area contributed by atoms with Gasteiger partial charge in [-0.25, -0.2) is 4.68 Å². The molecule has 21 heavy (non-hydrogen) atoms. The highest BCUT2D eigenvalue weighted by Crippen LogP contribution is 2.43. The van der Waals surface area contributed by atoms with E-state index >= 15 is 0 Å². The Hall–Kier alpha value is -2.48. The molecule has 0 unspecified atom stereocenters. The van der Waals surface area contributed by atoms with E-state index < -0.39 is 0 Å². The molecule has 1 aliphatic heterocycles. The Labute approximate surface area is 123 Å². The summed E-state index contributed by atoms with van der Waals surface area (Å²) in [5, 5.41) is 13.5. The van der Waals surface area contributed by atoms with E-state index in [1.165, 1.54) is 0 Å². The maximum absolute atomic E-state index is 9.25. The fraction of sp³-hybridized carbons (Fsp3) is 0.375. The molecule has 0 N–H and O–H groups in total. The van der Waals surface area contributed by atoms with Gasteiger partial charge in [0.1, 0.15) is 17.2 Å². The molecule has 2 aromatic rings. The van der Waals surface area contributed by atoms with E-state index in [1.807, 2.05) is 32.0 Å². The Kier molecular flexibility index (Phi) is 2.91. The number of aryl methyl sites for hydroxylation is 2. The average Bonchev–Trinajstić information content (AvgIpc) is 2.85. The number of fused-ring (bicyclic) bond motifs is 1. The Morgan fingerprint density at radius 2 is 2.19 bits per heavy atom. The SMILES string of the molecule is Cc1nn(C)c(Oc2cccc3c2OC(C)(C)C3)c1C#N. The molecule has 0 fully saturated rings. The molecule has 0 amide bonds. The average molecular weight is 283 g/mol. The van der Waals surface area contributed by atoms with Crippen molar-refractivity contribution in [2.75, 3.05) is 0 Å². The third-order valence-corrected chi connectivity index (χ3v) is 3.54. The van der Waals surface area contributed by atoms with Gasteiger partial charge in [0, 0.05) is 19.0 Å². The van der Waals surface area contributed by atoms with Crippen molar-refractivity contribution in [1.29, 1.82) is 5.26 Å². The zero-order valence-corrected chi connectivity index (χ0v) is 12.6. The Morgan fingerprint density at radius 1 is 1.43 bits per heavy atom. The zero-order valence-electron chi connectivity index (χ0n) is 12.6. The smallest absolute Gasteiger partial charge is 0.236 e. The highest BCUT2D eigenvalue weighted by molar-refractivity contribution is 5.53. The highest BCUT2D eigenvalue weighted by atomic mass is 16.5. The molecule has 0 radical (unpaired) electrons. The van der Waals surface area contributed by atoms with Crippen molar-refractivity contribution in [1.82, 2.24) is 9.78 Å². The Balaban J connectivity index is 2.03. The van der Waals surface area contributed by atoms with Crippen LogP contribution in [0.15, 0.2) is 18.2 Å².